The molecule has 0 aliphatic carbocycles. The molecule has 0 amide bonds. The Labute approximate surface area is 114 Å². The third kappa shape index (κ3) is 4.07. The number of pyridine rings is 1. The first-order chi connectivity index (χ1) is 9.17. The van der Waals surface area contributed by atoms with Gasteiger partial charge in [0.2, 0.25) is 0 Å². The van der Waals surface area contributed by atoms with Gasteiger partial charge in [-0.3, -0.25) is 9.88 Å². The molecule has 0 aliphatic rings. The number of aromatic nitrogens is 1. The Hall–Kier alpha value is -1.87. The van der Waals surface area contributed by atoms with Crippen LogP contribution in [0.15, 0.2) is 42.5 Å². The summed E-state index contributed by atoms with van der Waals surface area (Å²) in [7, 11) is 3.79. The predicted molar refractivity (Wildman–Crippen MR) is 77.1 cm³/mol. The van der Waals surface area contributed by atoms with Crippen LogP contribution in [0.4, 0.5) is 0 Å². The van der Waals surface area contributed by atoms with Gasteiger partial charge in [0.25, 0.3) is 0 Å². The van der Waals surface area contributed by atoms with Gasteiger partial charge in [0.1, 0.15) is 5.75 Å². The molecule has 0 unspecified atom stereocenters. The zero-order valence-corrected chi connectivity index (χ0v) is 11.8. The zero-order chi connectivity index (χ0) is 13.7. The number of aryl methyl sites for hydroxylation is 1. The van der Waals surface area contributed by atoms with E-state index in [1.165, 1.54) is 5.56 Å². The number of nitrogens with zero attached hydrogens (tertiary/aromatic N) is 2. The monoisotopic (exact) mass is 256 g/mol. The molecule has 2 rings (SSSR count). The largest absolute Gasteiger partial charge is 0.497 e. The summed E-state index contributed by atoms with van der Waals surface area (Å²) in [5.74, 6) is 0.895. The molecule has 0 fully saturated rings. The third-order valence-corrected chi connectivity index (χ3v) is 2.99. The van der Waals surface area contributed by atoms with Crippen LogP contribution >= 0.6 is 0 Å². The van der Waals surface area contributed by atoms with Crippen molar-refractivity contribution in [2.45, 2.75) is 20.0 Å². The lowest BCUT2D eigenvalue weighted by atomic mass is 10.2. The molecule has 100 valence electrons. The second-order valence-corrected chi connectivity index (χ2v) is 4.79. The smallest absolute Gasteiger partial charge is 0.118 e. The van der Waals surface area contributed by atoms with Crippen molar-refractivity contribution in [2.75, 3.05) is 14.2 Å². The highest BCUT2D eigenvalue weighted by Crippen LogP contribution is 2.13. The lowest BCUT2D eigenvalue weighted by molar-refractivity contribution is 0.314. The summed E-state index contributed by atoms with van der Waals surface area (Å²) in [4.78, 5) is 6.77. The Balaban J connectivity index is 1.95. The molecule has 3 nitrogen and oxygen atoms in total. The highest BCUT2D eigenvalue weighted by atomic mass is 16.5. The van der Waals surface area contributed by atoms with Crippen LogP contribution in [-0.4, -0.2) is 24.0 Å². The summed E-state index contributed by atoms with van der Waals surface area (Å²) in [6, 6.07) is 14.3. The van der Waals surface area contributed by atoms with Crippen LogP contribution in [0.25, 0.3) is 0 Å². The van der Waals surface area contributed by atoms with Crippen LogP contribution in [0.1, 0.15) is 17.0 Å². The van der Waals surface area contributed by atoms with Crippen LogP contribution in [0, 0.1) is 6.92 Å². The predicted octanol–water partition coefficient (Wildman–Crippen LogP) is 3.03. The molecular weight excluding hydrogens is 236 g/mol. The van der Waals surface area contributed by atoms with Gasteiger partial charge >= 0.3 is 0 Å². The fourth-order valence-electron chi connectivity index (χ4n) is 2.06. The molecule has 0 saturated carbocycles. The van der Waals surface area contributed by atoms with Crippen LogP contribution < -0.4 is 4.74 Å². The molecule has 0 N–H and O–H groups in total. The Bertz CT molecular complexity index is 523. The summed E-state index contributed by atoms with van der Waals surface area (Å²) in [5, 5.41) is 0. The minimum absolute atomic E-state index is 0.855. The van der Waals surface area contributed by atoms with Gasteiger partial charge in [-0.25, -0.2) is 0 Å². The Kier molecular flexibility index (Phi) is 4.53. The number of methoxy groups -OCH3 is 1. The van der Waals surface area contributed by atoms with E-state index >= 15 is 0 Å². The summed E-state index contributed by atoms with van der Waals surface area (Å²) >= 11 is 0. The topological polar surface area (TPSA) is 25.4 Å². The first kappa shape index (κ1) is 13.6. The van der Waals surface area contributed by atoms with E-state index in [4.69, 9.17) is 4.74 Å². The molecule has 0 bridgehead atoms. The van der Waals surface area contributed by atoms with Gasteiger partial charge in [0.05, 0.1) is 12.8 Å². The van der Waals surface area contributed by atoms with Gasteiger partial charge in [0.15, 0.2) is 0 Å². The third-order valence-electron chi connectivity index (χ3n) is 2.99. The fourth-order valence-corrected chi connectivity index (χ4v) is 2.06. The zero-order valence-electron chi connectivity index (χ0n) is 11.8. The standard InChI is InChI=1S/C16H20N2O/c1-13-5-4-6-15(17-13)12-18(2)11-14-7-9-16(19-3)10-8-14/h4-10H,11-12H2,1-3H3. The van der Waals surface area contributed by atoms with Gasteiger partial charge < -0.3 is 4.74 Å². The van der Waals surface area contributed by atoms with E-state index in [2.05, 4.69) is 41.2 Å². The maximum absolute atomic E-state index is 5.16. The highest BCUT2D eigenvalue weighted by molar-refractivity contribution is 5.27. The lowest BCUT2D eigenvalue weighted by Gasteiger charge is -2.16. The molecule has 1 heterocycles. The van der Waals surface area contributed by atoms with Gasteiger partial charge in [-0.05, 0) is 43.8 Å². The maximum atomic E-state index is 5.16. The number of hydrogen-bond donors (Lipinski definition) is 0. The van der Waals surface area contributed by atoms with Crippen LogP contribution in [0.5, 0.6) is 5.75 Å². The molecule has 0 aliphatic heterocycles. The molecule has 2 aromatic rings. The summed E-state index contributed by atoms with van der Waals surface area (Å²) in [5.41, 5.74) is 3.45. The van der Waals surface area contributed by atoms with E-state index in [-0.39, 0.29) is 0 Å². The first-order valence-electron chi connectivity index (χ1n) is 6.41. The van der Waals surface area contributed by atoms with E-state index in [0.717, 1.165) is 30.2 Å². The normalized spacial score (nSPS) is 10.7. The maximum Gasteiger partial charge on any atom is 0.118 e. The van der Waals surface area contributed by atoms with Gasteiger partial charge in [-0.1, -0.05) is 18.2 Å². The van der Waals surface area contributed by atoms with Crippen molar-refractivity contribution in [1.29, 1.82) is 0 Å². The van der Waals surface area contributed by atoms with E-state index in [1.807, 2.05) is 25.1 Å². The molecule has 0 atom stereocenters. The average Bonchev–Trinajstić information content (AvgIpc) is 2.39. The fraction of sp³-hybridized carbons (Fsp3) is 0.312. The number of benzene rings is 1. The molecule has 0 spiro atoms. The molecular formula is C16H20N2O. The summed E-state index contributed by atoms with van der Waals surface area (Å²) < 4.78 is 5.16. The second kappa shape index (κ2) is 6.34. The number of ether oxygens (including phenoxy) is 1. The van der Waals surface area contributed by atoms with Crippen molar-refractivity contribution in [2.24, 2.45) is 0 Å². The SMILES string of the molecule is COc1ccc(CN(C)Cc2cccc(C)n2)cc1. The molecule has 3 heteroatoms. The van der Waals surface area contributed by atoms with Crippen LogP contribution in [0.3, 0.4) is 0 Å². The Morgan fingerprint density at radius 3 is 2.42 bits per heavy atom. The van der Waals surface area contributed by atoms with Crippen molar-refractivity contribution >= 4 is 0 Å². The highest BCUT2D eigenvalue weighted by Gasteiger charge is 2.03. The number of rotatable bonds is 5. The Morgan fingerprint density at radius 1 is 1.05 bits per heavy atom. The van der Waals surface area contributed by atoms with E-state index < -0.39 is 0 Å². The quantitative estimate of drug-likeness (QED) is 0.822. The van der Waals surface area contributed by atoms with Crippen molar-refractivity contribution in [3.63, 3.8) is 0 Å². The average molecular weight is 256 g/mol. The van der Waals surface area contributed by atoms with E-state index in [0.29, 0.717) is 0 Å². The minimum Gasteiger partial charge on any atom is -0.497 e. The lowest BCUT2D eigenvalue weighted by Crippen LogP contribution is -2.18. The summed E-state index contributed by atoms with van der Waals surface area (Å²) in [6.07, 6.45) is 0. The van der Waals surface area contributed by atoms with E-state index in [9.17, 15) is 0 Å². The van der Waals surface area contributed by atoms with Crippen LogP contribution in [0.2, 0.25) is 0 Å². The summed E-state index contributed by atoms with van der Waals surface area (Å²) in [6.45, 7) is 3.78. The van der Waals surface area contributed by atoms with E-state index in [1.54, 1.807) is 7.11 Å². The molecule has 1 aromatic heterocycles. The van der Waals surface area contributed by atoms with Gasteiger partial charge in [-0.15, -0.1) is 0 Å². The van der Waals surface area contributed by atoms with Crippen molar-refractivity contribution < 1.29 is 4.74 Å². The van der Waals surface area contributed by atoms with Gasteiger partial charge in [0, 0.05) is 18.8 Å². The molecule has 0 radical (unpaired) electrons. The van der Waals surface area contributed by atoms with Crippen LogP contribution in [-0.2, 0) is 13.1 Å². The molecule has 19 heavy (non-hydrogen) atoms. The Morgan fingerprint density at radius 2 is 1.79 bits per heavy atom. The number of hydrogen-bond acceptors (Lipinski definition) is 3. The molecule has 1 aromatic carbocycles. The van der Waals surface area contributed by atoms with Crippen molar-refractivity contribution in [1.82, 2.24) is 9.88 Å². The van der Waals surface area contributed by atoms with Gasteiger partial charge in [-0.2, -0.15) is 0 Å². The molecule has 0 saturated heterocycles. The van der Waals surface area contributed by atoms with Crippen molar-refractivity contribution in [3.8, 4) is 5.75 Å². The second-order valence-electron chi connectivity index (χ2n) is 4.79. The van der Waals surface area contributed by atoms with Crippen molar-refractivity contribution in [3.05, 3.63) is 59.4 Å². The minimum atomic E-state index is 0.855. The first-order valence-corrected chi connectivity index (χ1v) is 6.41.